The van der Waals surface area contributed by atoms with E-state index in [4.69, 9.17) is 4.74 Å². The van der Waals surface area contributed by atoms with Crippen LogP contribution in [0.25, 0.3) is 11.0 Å². The van der Waals surface area contributed by atoms with E-state index < -0.39 is 6.23 Å². The molecule has 1 aliphatic heterocycles. The summed E-state index contributed by atoms with van der Waals surface area (Å²) in [4.78, 5) is 18.4. The number of β-amino-alcohol motifs (C(OH)–C–C–N with tert-alkyl or cyclic N) is 1. The maximum atomic E-state index is 11.6. The lowest BCUT2D eigenvalue weighted by molar-refractivity contribution is 0.0600. The van der Waals surface area contributed by atoms with Gasteiger partial charge in [-0.25, -0.2) is 9.78 Å². The average molecular weight is 380 g/mol. The number of aliphatic hydroxyl groups excluding tert-OH is 1. The minimum absolute atomic E-state index is 0.219. The minimum Gasteiger partial charge on any atom is -0.465 e. The highest BCUT2D eigenvalue weighted by atomic mass is 16.5. The molecule has 7 heteroatoms. The van der Waals surface area contributed by atoms with Crippen molar-refractivity contribution in [3.8, 4) is 0 Å². The molecule has 2 aromatic heterocycles. The number of esters is 1. The van der Waals surface area contributed by atoms with Crippen LogP contribution in [0.1, 0.15) is 22.8 Å². The lowest BCUT2D eigenvalue weighted by atomic mass is 10.1. The first kappa shape index (κ1) is 18.5. The fourth-order valence-electron chi connectivity index (χ4n) is 3.69. The number of methoxy groups -OCH3 is 1. The highest BCUT2D eigenvalue weighted by molar-refractivity contribution is 5.89. The number of anilines is 1. The molecule has 0 aliphatic carbocycles. The van der Waals surface area contributed by atoms with Crippen molar-refractivity contribution in [2.45, 2.75) is 25.7 Å². The van der Waals surface area contributed by atoms with Crippen LogP contribution in [0.5, 0.6) is 0 Å². The first-order chi connectivity index (χ1) is 13.5. The Labute approximate surface area is 163 Å². The lowest BCUT2D eigenvalue weighted by Crippen LogP contribution is -2.55. The van der Waals surface area contributed by atoms with Gasteiger partial charge in [0.05, 0.1) is 31.1 Å². The van der Waals surface area contributed by atoms with Gasteiger partial charge in [-0.3, -0.25) is 5.32 Å². The van der Waals surface area contributed by atoms with Crippen LogP contribution in [-0.4, -0.2) is 53.1 Å². The van der Waals surface area contributed by atoms with Crippen LogP contribution in [0.2, 0.25) is 0 Å². The molecule has 28 heavy (non-hydrogen) atoms. The molecule has 7 nitrogen and oxygen atoms in total. The van der Waals surface area contributed by atoms with E-state index in [0.717, 1.165) is 28.8 Å². The molecule has 3 heterocycles. The molecule has 0 spiro atoms. The molecule has 0 bridgehead atoms. The summed E-state index contributed by atoms with van der Waals surface area (Å²) in [6, 6.07) is 11.8. The molecular formula is C21H24N4O3. The van der Waals surface area contributed by atoms with Gasteiger partial charge in [-0.1, -0.05) is 12.1 Å². The Morgan fingerprint density at radius 3 is 2.79 bits per heavy atom. The summed E-state index contributed by atoms with van der Waals surface area (Å²) in [5.41, 5.74) is 3.54. The van der Waals surface area contributed by atoms with Gasteiger partial charge in [0.1, 0.15) is 11.9 Å². The molecule has 0 amide bonds. The van der Waals surface area contributed by atoms with Crippen molar-refractivity contribution in [1.29, 1.82) is 0 Å². The molecule has 1 fully saturated rings. The number of nitrogens with one attached hydrogen (secondary N) is 1. The zero-order valence-corrected chi connectivity index (χ0v) is 16.0. The molecule has 2 atom stereocenters. The zero-order valence-electron chi connectivity index (χ0n) is 16.0. The van der Waals surface area contributed by atoms with Gasteiger partial charge < -0.3 is 19.3 Å². The monoisotopic (exact) mass is 380 g/mol. The number of aliphatic hydroxyl groups is 1. The number of hydrogen-bond acceptors (Lipinski definition) is 6. The van der Waals surface area contributed by atoms with Gasteiger partial charge in [-0.15, -0.1) is 0 Å². The standard InChI is InChI=1S/C21H24N4O3/c1-14-11-25(13-19(26)23-14)18-9-17-7-8-24(20(17)22-10-18)12-15-3-5-16(6-4-15)21(27)28-2/h3-10,14,19,23,26H,11-13H2,1-2H3. The van der Waals surface area contributed by atoms with Crippen LogP contribution in [-0.2, 0) is 11.3 Å². The minimum atomic E-state index is -0.531. The summed E-state index contributed by atoms with van der Waals surface area (Å²) >= 11 is 0. The predicted molar refractivity (Wildman–Crippen MR) is 107 cm³/mol. The molecule has 1 saturated heterocycles. The molecule has 1 aliphatic rings. The van der Waals surface area contributed by atoms with Gasteiger partial charge in [-0.2, -0.15) is 0 Å². The molecule has 2 N–H and O–H groups in total. The van der Waals surface area contributed by atoms with Crippen molar-refractivity contribution in [2.75, 3.05) is 25.1 Å². The quantitative estimate of drug-likeness (QED) is 0.674. The van der Waals surface area contributed by atoms with Crippen LogP contribution in [0.4, 0.5) is 5.69 Å². The Morgan fingerprint density at radius 2 is 2.07 bits per heavy atom. The maximum Gasteiger partial charge on any atom is 0.337 e. The van der Waals surface area contributed by atoms with Gasteiger partial charge in [0, 0.05) is 30.7 Å². The second-order valence-corrected chi connectivity index (χ2v) is 7.23. The summed E-state index contributed by atoms with van der Waals surface area (Å²) in [6.07, 6.45) is 3.35. The molecule has 2 unspecified atom stereocenters. The summed E-state index contributed by atoms with van der Waals surface area (Å²) in [5, 5.41) is 14.1. The number of aromatic nitrogens is 2. The summed E-state index contributed by atoms with van der Waals surface area (Å²) in [7, 11) is 1.38. The number of rotatable bonds is 4. The lowest BCUT2D eigenvalue weighted by Gasteiger charge is -2.36. The number of hydrogen-bond donors (Lipinski definition) is 2. The topological polar surface area (TPSA) is 79.6 Å². The number of piperazine rings is 1. The molecular weight excluding hydrogens is 356 g/mol. The van der Waals surface area contributed by atoms with E-state index in [2.05, 4.69) is 38.8 Å². The highest BCUT2D eigenvalue weighted by Crippen LogP contribution is 2.23. The summed E-state index contributed by atoms with van der Waals surface area (Å²) in [5.74, 6) is -0.334. The molecule has 0 radical (unpaired) electrons. The predicted octanol–water partition coefficient (Wildman–Crippen LogP) is 1.99. The Kier molecular flexibility index (Phi) is 5.02. The molecule has 0 saturated carbocycles. The smallest absolute Gasteiger partial charge is 0.337 e. The molecule has 3 aromatic rings. The van der Waals surface area contributed by atoms with E-state index in [-0.39, 0.29) is 12.0 Å². The van der Waals surface area contributed by atoms with Crippen molar-refractivity contribution in [3.63, 3.8) is 0 Å². The van der Waals surface area contributed by atoms with Crippen LogP contribution in [0.15, 0.2) is 48.8 Å². The number of nitrogens with zero attached hydrogens (tertiary/aromatic N) is 3. The van der Waals surface area contributed by atoms with E-state index in [1.54, 1.807) is 12.1 Å². The molecule has 4 rings (SSSR count). The second kappa shape index (κ2) is 7.61. The zero-order chi connectivity index (χ0) is 19.7. The van der Waals surface area contributed by atoms with Gasteiger partial charge >= 0.3 is 5.97 Å². The summed E-state index contributed by atoms with van der Waals surface area (Å²) in [6.45, 7) is 4.10. The number of carbonyl (C=O) groups excluding carboxylic acids is 1. The fraction of sp³-hybridized carbons (Fsp3) is 0.333. The third kappa shape index (κ3) is 3.72. The van der Waals surface area contributed by atoms with Gasteiger partial charge in [0.25, 0.3) is 0 Å². The van der Waals surface area contributed by atoms with Crippen molar-refractivity contribution >= 4 is 22.7 Å². The van der Waals surface area contributed by atoms with Crippen LogP contribution in [0.3, 0.4) is 0 Å². The number of fused-ring (bicyclic) bond motifs is 1. The number of pyridine rings is 1. The van der Waals surface area contributed by atoms with Crippen molar-refractivity contribution in [1.82, 2.24) is 14.9 Å². The van der Waals surface area contributed by atoms with Gasteiger partial charge in [0.15, 0.2) is 0 Å². The largest absolute Gasteiger partial charge is 0.465 e. The Bertz CT molecular complexity index is 973. The van der Waals surface area contributed by atoms with Crippen molar-refractivity contribution < 1.29 is 14.6 Å². The van der Waals surface area contributed by atoms with Crippen LogP contribution < -0.4 is 10.2 Å². The molecule has 146 valence electrons. The SMILES string of the molecule is COC(=O)c1ccc(Cn2ccc3cc(N4CC(C)NC(O)C4)cnc32)cc1. The van der Waals surface area contributed by atoms with Crippen molar-refractivity contribution in [2.24, 2.45) is 0 Å². The van der Waals surface area contributed by atoms with E-state index in [1.807, 2.05) is 24.5 Å². The number of carbonyl (C=O) groups is 1. The summed E-state index contributed by atoms with van der Waals surface area (Å²) < 4.78 is 6.82. The first-order valence-electron chi connectivity index (χ1n) is 9.34. The maximum absolute atomic E-state index is 11.6. The Balaban J connectivity index is 1.54. The Morgan fingerprint density at radius 1 is 1.29 bits per heavy atom. The van der Waals surface area contributed by atoms with E-state index in [1.165, 1.54) is 7.11 Å². The van der Waals surface area contributed by atoms with Crippen LogP contribution in [0, 0.1) is 0 Å². The number of ether oxygens (including phenoxy) is 1. The normalized spacial score (nSPS) is 19.8. The van der Waals surface area contributed by atoms with E-state index >= 15 is 0 Å². The first-order valence-corrected chi connectivity index (χ1v) is 9.34. The van der Waals surface area contributed by atoms with Crippen molar-refractivity contribution in [3.05, 3.63) is 59.9 Å². The Hall–Kier alpha value is -2.90. The van der Waals surface area contributed by atoms with Crippen LogP contribution >= 0.6 is 0 Å². The van der Waals surface area contributed by atoms with Gasteiger partial charge in [0.2, 0.25) is 0 Å². The average Bonchev–Trinajstić information content (AvgIpc) is 3.09. The third-order valence-corrected chi connectivity index (χ3v) is 5.04. The van der Waals surface area contributed by atoms with E-state index in [0.29, 0.717) is 18.7 Å². The third-order valence-electron chi connectivity index (χ3n) is 5.04. The van der Waals surface area contributed by atoms with E-state index in [9.17, 15) is 9.90 Å². The molecule has 1 aromatic carbocycles. The second-order valence-electron chi connectivity index (χ2n) is 7.23. The van der Waals surface area contributed by atoms with Gasteiger partial charge in [-0.05, 0) is 36.8 Å². The number of benzene rings is 1. The highest BCUT2D eigenvalue weighted by Gasteiger charge is 2.22. The fourth-order valence-corrected chi connectivity index (χ4v) is 3.69.